The van der Waals surface area contributed by atoms with E-state index in [9.17, 15) is 9.59 Å². The SMILES string of the molecule is COC(=O)C1=C(Nc2ccc(-c3ccn[nH]3)cc2)C(=O)N(CCO)C1. The molecule has 0 saturated carbocycles. The van der Waals surface area contributed by atoms with Crippen molar-refractivity contribution in [2.45, 2.75) is 0 Å². The summed E-state index contributed by atoms with van der Waals surface area (Å²) < 4.78 is 4.76. The molecule has 1 amide bonds. The fourth-order valence-electron chi connectivity index (χ4n) is 2.64. The van der Waals surface area contributed by atoms with E-state index in [-0.39, 0.29) is 36.9 Å². The molecule has 0 unspecified atom stereocenters. The minimum absolute atomic E-state index is 0.112. The Balaban J connectivity index is 1.83. The number of carbonyl (C=O) groups is 2. The number of anilines is 1. The number of nitrogens with one attached hydrogen (secondary N) is 2. The van der Waals surface area contributed by atoms with Crippen LogP contribution in [0.2, 0.25) is 0 Å². The van der Waals surface area contributed by atoms with E-state index in [0.717, 1.165) is 11.3 Å². The second-order valence-electron chi connectivity index (χ2n) is 5.47. The molecule has 130 valence electrons. The standard InChI is InChI=1S/C17H18N4O4/c1-25-17(24)13-10-21(8-9-22)16(23)15(13)19-12-4-2-11(3-5-12)14-6-7-18-20-14/h2-7,19,22H,8-10H2,1H3,(H,18,20). The largest absolute Gasteiger partial charge is 0.466 e. The number of rotatable bonds is 6. The quantitative estimate of drug-likeness (QED) is 0.669. The summed E-state index contributed by atoms with van der Waals surface area (Å²) in [5, 5.41) is 18.8. The normalized spacial score (nSPS) is 14.2. The molecule has 1 aliphatic heterocycles. The van der Waals surface area contributed by atoms with Crippen molar-refractivity contribution in [1.29, 1.82) is 0 Å². The van der Waals surface area contributed by atoms with Crippen LogP contribution in [0, 0.1) is 0 Å². The van der Waals surface area contributed by atoms with Crippen LogP contribution >= 0.6 is 0 Å². The number of nitrogens with zero attached hydrogens (tertiary/aromatic N) is 2. The van der Waals surface area contributed by atoms with Gasteiger partial charge in [0.25, 0.3) is 5.91 Å². The van der Waals surface area contributed by atoms with Gasteiger partial charge in [0.2, 0.25) is 0 Å². The van der Waals surface area contributed by atoms with Crippen LogP contribution in [0.3, 0.4) is 0 Å². The third kappa shape index (κ3) is 3.38. The number of carbonyl (C=O) groups excluding carboxylic acids is 2. The topological polar surface area (TPSA) is 108 Å². The highest BCUT2D eigenvalue weighted by atomic mass is 16.5. The molecule has 0 atom stereocenters. The van der Waals surface area contributed by atoms with Gasteiger partial charge in [-0.2, -0.15) is 5.10 Å². The molecule has 1 aliphatic rings. The molecule has 3 rings (SSSR count). The smallest absolute Gasteiger partial charge is 0.337 e. The van der Waals surface area contributed by atoms with Gasteiger partial charge in [-0.05, 0) is 23.8 Å². The molecule has 25 heavy (non-hydrogen) atoms. The van der Waals surface area contributed by atoms with Crippen molar-refractivity contribution in [3.63, 3.8) is 0 Å². The van der Waals surface area contributed by atoms with Gasteiger partial charge >= 0.3 is 5.97 Å². The van der Waals surface area contributed by atoms with E-state index < -0.39 is 5.97 Å². The predicted octanol–water partition coefficient (Wildman–Crippen LogP) is 0.750. The van der Waals surface area contributed by atoms with Crippen LogP contribution in [0.1, 0.15) is 0 Å². The number of aromatic amines is 1. The zero-order chi connectivity index (χ0) is 17.8. The molecule has 0 bridgehead atoms. The van der Waals surface area contributed by atoms with E-state index in [0.29, 0.717) is 5.69 Å². The average molecular weight is 342 g/mol. The summed E-state index contributed by atoms with van der Waals surface area (Å²) in [6, 6.07) is 9.21. The summed E-state index contributed by atoms with van der Waals surface area (Å²) in [5.74, 6) is -0.905. The molecule has 1 aromatic carbocycles. The number of ether oxygens (including phenoxy) is 1. The summed E-state index contributed by atoms with van der Waals surface area (Å²) in [5.41, 5.74) is 2.92. The lowest BCUT2D eigenvalue weighted by atomic mass is 10.1. The Hall–Kier alpha value is -3.13. The molecule has 8 heteroatoms. The Morgan fingerprint density at radius 2 is 2.12 bits per heavy atom. The number of methoxy groups -OCH3 is 1. The summed E-state index contributed by atoms with van der Waals surface area (Å²) in [6.07, 6.45) is 1.67. The van der Waals surface area contributed by atoms with E-state index in [1.165, 1.54) is 12.0 Å². The van der Waals surface area contributed by atoms with Gasteiger partial charge in [0.05, 0.1) is 31.5 Å². The fraction of sp³-hybridized carbons (Fsp3) is 0.235. The van der Waals surface area contributed by atoms with E-state index in [4.69, 9.17) is 9.84 Å². The molecule has 2 aromatic rings. The first kappa shape index (κ1) is 16.7. The lowest BCUT2D eigenvalue weighted by Gasteiger charge is -2.15. The van der Waals surface area contributed by atoms with Gasteiger partial charge in [0, 0.05) is 18.4 Å². The number of aromatic nitrogens is 2. The third-order valence-electron chi connectivity index (χ3n) is 3.92. The fourth-order valence-corrected chi connectivity index (χ4v) is 2.64. The zero-order valence-corrected chi connectivity index (χ0v) is 13.7. The number of hydrogen-bond donors (Lipinski definition) is 3. The number of aliphatic hydroxyl groups excluding tert-OH is 1. The predicted molar refractivity (Wildman–Crippen MR) is 90.4 cm³/mol. The molecule has 0 aliphatic carbocycles. The van der Waals surface area contributed by atoms with Crippen molar-refractivity contribution in [2.75, 3.05) is 32.1 Å². The van der Waals surface area contributed by atoms with Crippen molar-refractivity contribution in [3.8, 4) is 11.3 Å². The summed E-state index contributed by atoms with van der Waals surface area (Å²) in [6.45, 7) is 0.0935. The zero-order valence-electron chi connectivity index (χ0n) is 13.7. The molecular weight excluding hydrogens is 324 g/mol. The third-order valence-corrected chi connectivity index (χ3v) is 3.92. The minimum Gasteiger partial charge on any atom is -0.466 e. The first-order chi connectivity index (χ1) is 12.1. The van der Waals surface area contributed by atoms with E-state index >= 15 is 0 Å². The Morgan fingerprint density at radius 1 is 1.36 bits per heavy atom. The van der Waals surface area contributed by atoms with Crippen LogP contribution in [0.25, 0.3) is 11.3 Å². The van der Waals surface area contributed by atoms with Crippen LogP contribution in [0.4, 0.5) is 5.69 Å². The van der Waals surface area contributed by atoms with Crippen molar-refractivity contribution < 1.29 is 19.4 Å². The highest BCUT2D eigenvalue weighted by molar-refractivity contribution is 6.08. The van der Waals surface area contributed by atoms with Gasteiger partial charge in [-0.1, -0.05) is 12.1 Å². The lowest BCUT2D eigenvalue weighted by molar-refractivity contribution is -0.136. The Labute approximate surface area is 144 Å². The molecule has 3 N–H and O–H groups in total. The maximum Gasteiger partial charge on any atom is 0.337 e. The molecule has 2 heterocycles. The molecule has 0 radical (unpaired) electrons. The number of H-pyrrole nitrogens is 1. The highest BCUT2D eigenvalue weighted by Gasteiger charge is 2.34. The van der Waals surface area contributed by atoms with Gasteiger partial charge in [0.15, 0.2) is 0 Å². The van der Waals surface area contributed by atoms with Crippen molar-refractivity contribution in [1.82, 2.24) is 15.1 Å². The van der Waals surface area contributed by atoms with Crippen molar-refractivity contribution in [3.05, 3.63) is 47.8 Å². The van der Waals surface area contributed by atoms with E-state index in [2.05, 4.69) is 15.5 Å². The number of hydrogen-bond acceptors (Lipinski definition) is 6. The summed E-state index contributed by atoms with van der Waals surface area (Å²) in [7, 11) is 1.27. The average Bonchev–Trinajstić information content (AvgIpc) is 3.26. The van der Waals surface area contributed by atoms with Gasteiger partial charge < -0.3 is 20.1 Å². The van der Waals surface area contributed by atoms with Gasteiger partial charge in [-0.3, -0.25) is 9.89 Å². The second-order valence-corrected chi connectivity index (χ2v) is 5.47. The molecule has 8 nitrogen and oxygen atoms in total. The van der Waals surface area contributed by atoms with E-state index in [1.54, 1.807) is 18.3 Å². The number of amides is 1. The number of aliphatic hydroxyl groups is 1. The number of β-amino-alcohol motifs (C(OH)–C–C–N with tert-alkyl or cyclic N) is 1. The molecule has 0 spiro atoms. The Bertz CT molecular complexity index is 797. The summed E-state index contributed by atoms with van der Waals surface area (Å²) >= 11 is 0. The maximum atomic E-state index is 12.5. The van der Waals surface area contributed by atoms with Gasteiger partial charge in [-0.25, -0.2) is 4.79 Å². The second kappa shape index (κ2) is 7.18. The number of esters is 1. The molecule has 0 saturated heterocycles. The van der Waals surface area contributed by atoms with Crippen LogP contribution in [0.5, 0.6) is 0 Å². The lowest BCUT2D eigenvalue weighted by Crippen LogP contribution is -2.31. The van der Waals surface area contributed by atoms with Gasteiger partial charge in [0.1, 0.15) is 5.70 Å². The van der Waals surface area contributed by atoms with Crippen LogP contribution in [0.15, 0.2) is 47.8 Å². The van der Waals surface area contributed by atoms with Crippen molar-refractivity contribution >= 4 is 17.6 Å². The van der Waals surface area contributed by atoms with Crippen LogP contribution in [-0.2, 0) is 14.3 Å². The first-order valence-corrected chi connectivity index (χ1v) is 7.72. The first-order valence-electron chi connectivity index (χ1n) is 7.72. The monoisotopic (exact) mass is 342 g/mol. The highest BCUT2D eigenvalue weighted by Crippen LogP contribution is 2.24. The molecule has 1 aromatic heterocycles. The van der Waals surface area contributed by atoms with Crippen LogP contribution in [-0.4, -0.2) is 58.9 Å². The minimum atomic E-state index is -0.564. The van der Waals surface area contributed by atoms with Crippen LogP contribution < -0.4 is 5.32 Å². The number of benzene rings is 1. The van der Waals surface area contributed by atoms with Crippen molar-refractivity contribution in [2.24, 2.45) is 0 Å². The summed E-state index contributed by atoms with van der Waals surface area (Å²) in [4.78, 5) is 25.8. The van der Waals surface area contributed by atoms with Gasteiger partial charge in [-0.15, -0.1) is 0 Å². The van der Waals surface area contributed by atoms with E-state index in [1.807, 2.05) is 18.2 Å². The molecule has 0 fully saturated rings. The Morgan fingerprint density at radius 3 is 2.72 bits per heavy atom. The maximum absolute atomic E-state index is 12.5. The molecular formula is C17H18N4O4. The Kier molecular flexibility index (Phi) is 4.80.